The van der Waals surface area contributed by atoms with E-state index in [1.54, 1.807) is 18.2 Å². The molecule has 6 heteroatoms. The van der Waals surface area contributed by atoms with Crippen LogP contribution < -0.4 is 0 Å². The van der Waals surface area contributed by atoms with Gasteiger partial charge in [-0.1, -0.05) is 30.3 Å². The molecule has 0 radical (unpaired) electrons. The summed E-state index contributed by atoms with van der Waals surface area (Å²) in [6.07, 6.45) is 1.14. The Labute approximate surface area is 133 Å². The summed E-state index contributed by atoms with van der Waals surface area (Å²) in [5.41, 5.74) is 0.338. The molecule has 0 heterocycles. The van der Waals surface area contributed by atoms with E-state index in [0.29, 0.717) is 10.9 Å². The molecule has 2 N–H and O–H groups in total. The van der Waals surface area contributed by atoms with Crippen molar-refractivity contribution in [2.75, 3.05) is 0 Å². The highest BCUT2D eigenvalue weighted by atomic mass is 32.2. The summed E-state index contributed by atoms with van der Waals surface area (Å²) in [5, 5.41) is 20.8. The van der Waals surface area contributed by atoms with Crippen molar-refractivity contribution < 1.29 is 18.6 Å². The molecule has 3 rings (SSSR count). The summed E-state index contributed by atoms with van der Waals surface area (Å²) in [5.74, 6) is -0.0759. The van der Waals surface area contributed by atoms with Crippen LogP contribution in [0.1, 0.15) is 5.56 Å². The van der Waals surface area contributed by atoms with Gasteiger partial charge in [0.05, 0.1) is 11.1 Å². The molecule has 23 heavy (non-hydrogen) atoms. The van der Waals surface area contributed by atoms with Gasteiger partial charge in [0.2, 0.25) is 0 Å². The van der Waals surface area contributed by atoms with E-state index >= 15 is 0 Å². The van der Waals surface area contributed by atoms with Crippen molar-refractivity contribution in [1.82, 2.24) is 0 Å². The predicted molar refractivity (Wildman–Crippen MR) is 88.5 cm³/mol. The van der Waals surface area contributed by atoms with E-state index in [0.717, 1.165) is 11.6 Å². The number of hydrogen-bond donors (Lipinski definition) is 2. The van der Waals surface area contributed by atoms with Crippen molar-refractivity contribution in [2.24, 2.45) is 4.40 Å². The Balaban J connectivity index is 2.06. The summed E-state index contributed by atoms with van der Waals surface area (Å²) in [7, 11) is -3.91. The Bertz CT molecular complexity index is 993. The second-order valence-corrected chi connectivity index (χ2v) is 6.56. The quantitative estimate of drug-likeness (QED) is 0.724. The van der Waals surface area contributed by atoms with E-state index in [1.807, 2.05) is 12.1 Å². The highest BCUT2D eigenvalue weighted by molar-refractivity contribution is 7.90. The molecule has 0 aromatic heterocycles. The maximum atomic E-state index is 12.2. The van der Waals surface area contributed by atoms with Gasteiger partial charge in [0.25, 0.3) is 10.0 Å². The fraction of sp³-hybridized carbons (Fsp3) is 0. The van der Waals surface area contributed by atoms with Crippen LogP contribution in [0.2, 0.25) is 0 Å². The molecule has 0 amide bonds. The largest absolute Gasteiger partial charge is 0.508 e. The third-order valence-corrected chi connectivity index (χ3v) is 4.65. The molecule has 0 atom stereocenters. The van der Waals surface area contributed by atoms with Crippen molar-refractivity contribution >= 4 is 27.0 Å². The van der Waals surface area contributed by atoms with Gasteiger partial charge < -0.3 is 10.2 Å². The lowest BCUT2D eigenvalue weighted by Crippen LogP contribution is -1.98. The standard InChI is InChI=1S/C17H13NO4S/c19-13-6-8-14(9-7-13)23(21,22)18-11-16-15-4-2-1-3-12(15)5-10-17(16)20/h1-11,19-20H. The topological polar surface area (TPSA) is 87.0 Å². The number of rotatable bonds is 3. The molecule has 0 bridgehead atoms. The van der Waals surface area contributed by atoms with E-state index in [-0.39, 0.29) is 16.4 Å². The Morgan fingerprint density at radius 1 is 0.870 bits per heavy atom. The molecule has 3 aromatic rings. The van der Waals surface area contributed by atoms with Crippen molar-refractivity contribution in [3.05, 3.63) is 66.2 Å². The summed E-state index contributed by atoms with van der Waals surface area (Å²) in [6, 6.07) is 15.6. The normalized spacial score (nSPS) is 12.0. The molecule has 3 aromatic carbocycles. The molecule has 0 spiro atoms. The zero-order chi connectivity index (χ0) is 16.4. The lowest BCUT2D eigenvalue weighted by molar-refractivity contribution is 0.474. The van der Waals surface area contributed by atoms with Crippen LogP contribution in [-0.2, 0) is 10.0 Å². The van der Waals surface area contributed by atoms with Gasteiger partial charge in [0.15, 0.2) is 0 Å². The van der Waals surface area contributed by atoms with Crippen LogP contribution in [0.3, 0.4) is 0 Å². The van der Waals surface area contributed by atoms with Crippen molar-refractivity contribution in [2.45, 2.75) is 4.90 Å². The highest BCUT2D eigenvalue weighted by Gasteiger charge is 2.12. The molecule has 0 unspecified atom stereocenters. The Morgan fingerprint density at radius 3 is 2.30 bits per heavy atom. The SMILES string of the molecule is O=S(=O)(N=Cc1c(O)ccc2ccccc12)c1ccc(O)cc1. The molecule has 5 nitrogen and oxygen atoms in total. The summed E-state index contributed by atoms with van der Waals surface area (Å²) >= 11 is 0. The smallest absolute Gasteiger partial charge is 0.282 e. The summed E-state index contributed by atoms with van der Waals surface area (Å²) in [4.78, 5) is -0.0359. The number of phenolic OH excluding ortho intramolecular Hbond substituents is 2. The molecule has 0 saturated heterocycles. The van der Waals surface area contributed by atoms with Crippen LogP contribution in [0.15, 0.2) is 70.0 Å². The maximum Gasteiger partial charge on any atom is 0.282 e. The molecule has 0 aliphatic carbocycles. The third-order valence-electron chi connectivity index (χ3n) is 3.40. The number of aromatic hydroxyl groups is 2. The summed E-state index contributed by atoms with van der Waals surface area (Å²) < 4.78 is 28.0. The minimum atomic E-state index is -3.91. The van der Waals surface area contributed by atoms with Crippen LogP contribution in [0.5, 0.6) is 11.5 Å². The van der Waals surface area contributed by atoms with E-state index in [1.165, 1.54) is 30.3 Å². The van der Waals surface area contributed by atoms with Gasteiger partial charge in [0, 0.05) is 5.56 Å². The lowest BCUT2D eigenvalue weighted by Gasteiger charge is -2.05. The van der Waals surface area contributed by atoms with Crippen LogP contribution in [0, 0.1) is 0 Å². The first kappa shape index (κ1) is 15.1. The van der Waals surface area contributed by atoms with Crippen molar-refractivity contribution in [3.8, 4) is 11.5 Å². The fourth-order valence-corrected chi connectivity index (χ4v) is 3.07. The molecular weight excluding hydrogens is 314 g/mol. The van der Waals surface area contributed by atoms with Crippen molar-refractivity contribution in [1.29, 1.82) is 0 Å². The van der Waals surface area contributed by atoms with E-state index in [9.17, 15) is 18.6 Å². The number of sulfonamides is 1. The van der Waals surface area contributed by atoms with E-state index in [2.05, 4.69) is 4.40 Å². The number of hydrogen-bond acceptors (Lipinski definition) is 4. The van der Waals surface area contributed by atoms with Gasteiger partial charge in [-0.05, 0) is 41.1 Å². The Hall–Kier alpha value is -2.86. The first-order chi connectivity index (χ1) is 11.0. The zero-order valence-corrected chi connectivity index (χ0v) is 12.7. The predicted octanol–water partition coefficient (Wildman–Crippen LogP) is 3.06. The first-order valence-electron chi connectivity index (χ1n) is 6.77. The van der Waals surface area contributed by atoms with Gasteiger partial charge in [-0.3, -0.25) is 0 Å². The second-order valence-electron chi connectivity index (χ2n) is 4.92. The minimum absolute atomic E-state index is 0.0281. The van der Waals surface area contributed by atoms with Crippen LogP contribution in [0.4, 0.5) is 0 Å². The average Bonchev–Trinajstić information content (AvgIpc) is 2.54. The van der Waals surface area contributed by atoms with Gasteiger partial charge in [-0.2, -0.15) is 12.8 Å². The Kier molecular flexibility index (Phi) is 3.75. The molecule has 0 aliphatic heterocycles. The Morgan fingerprint density at radius 2 is 1.57 bits per heavy atom. The van der Waals surface area contributed by atoms with E-state index in [4.69, 9.17) is 0 Å². The highest BCUT2D eigenvalue weighted by Crippen LogP contribution is 2.26. The molecule has 116 valence electrons. The average molecular weight is 327 g/mol. The maximum absolute atomic E-state index is 12.2. The third kappa shape index (κ3) is 3.02. The minimum Gasteiger partial charge on any atom is -0.508 e. The number of fused-ring (bicyclic) bond motifs is 1. The fourth-order valence-electron chi connectivity index (χ4n) is 2.22. The van der Waals surface area contributed by atoms with Crippen molar-refractivity contribution in [3.63, 3.8) is 0 Å². The molecule has 0 saturated carbocycles. The molecular formula is C17H13NO4S. The molecule has 0 fully saturated rings. The van der Waals surface area contributed by atoms with Gasteiger partial charge in [-0.25, -0.2) is 0 Å². The van der Waals surface area contributed by atoms with Crippen LogP contribution in [0.25, 0.3) is 10.8 Å². The number of benzene rings is 3. The first-order valence-corrected chi connectivity index (χ1v) is 8.21. The lowest BCUT2D eigenvalue weighted by atomic mass is 10.0. The molecule has 0 aliphatic rings. The van der Waals surface area contributed by atoms with Crippen LogP contribution in [-0.4, -0.2) is 24.8 Å². The van der Waals surface area contributed by atoms with Gasteiger partial charge >= 0.3 is 0 Å². The van der Waals surface area contributed by atoms with Crippen LogP contribution >= 0.6 is 0 Å². The number of phenols is 2. The second kappa shape index (κ2) is 5.73. The monoisotopic (exact) mass is 327 g/mol. The zero-order valence-electron chi connectivity index (χ0n) is 11.9. The van der Waals surface area contributed by atoms with Gasteiger partial charge in [0.1, 0.15) is 11.5 Å². The number of nitrogens with zero attached hydrogens (tertiary/aromatic N) is 1. The van der Waals surface area contributed by atoms with Gasteiger partial charge in [-0.15, -0.1) is 0 Å². The summed E-state index contributed by atoms with van der Waals surface area (Å²) in [6.45, 7) is 0. The van der Waals surface area contributed by atoms with E-state index < -0.39 is 10.0 Å².